The molecule has 0 fully saturated rings. The topological polar surface area (TPSA) is 46.2 Å². The SMILES string of the molecule is CCNC(CCCc1ccccc1)C(C)(C)S(C)(=O)=O. The first-order valence-electron chi connectivity index (χ1n) is 7.26. The Balaban J connectivity index is 2.64. The Morgan fingerprint density at radius 3 is 2.30 bits per heavy atom. The van der Waals surface area contributed by atoms with E-state index in [2.05, 4.69) is 17.4 Å². The summed E-state index contributed by atoms with van der Waals surface area (Å²) < 4.78 is 23.2. The molecule has 1 aromatic rings. The quantitative estimate of drug-likeness (QED) is 0.802. The van der Waals surface area contributed by atoms with Gasteiger partial charge in [-0.25, -0.2) is 8.42 Å². The third-order valence-corrected chi connectivity index (χ3v) is 6.24. The highest BCUT2D eigenvalue weighted by atomic mass is 32.2. The number of hydrogen-bond donors (Lipinski definition) is 1. The van der Waals surface area contributed by atoms with Crippen molar-refractivity contribution in [1.29, 1.82) is 0 Å². The minimum Gasteiger partial charge on any atom is -0.313 e. The molecule has 1 aromatic carbocycles. The van der Waals surface area contributed by atoms with Crippen LogP contribution in [0, 0.1) is 0 Å². The second kappa shape index (κ2) is 7.23. The van der Waals surface area contributed by atoms with Gasteiger partial charge in [-0.3, -0.25) is 0 Å². The van der Waals surface area contributed by atoms with Gasteiger partial charge in [0.15, 0.2) is 9.84 Å². The summed E-state index contributed by atoms with van der Waals surface area (Å²) in [4.78, 5) is 0. The van der Waals surface area contributed by atoms with E-state index in [1.807, 2.05) is 39.0 Å². The average molecular weight is 297 g/mol. The van der Waals surface area contributed by atoms with Crippen molar-refractivity contribution in [2.75, 3.05) is 12.8 Å². The van der Waals surface area contributed by atoms with Crippen molar-refractivity contribution in [2.24, 2.45) is 0 Å². The van der Waals surface area contributed by atoms with Crippen LogP contribution >= 0.6 is 0 Å². The predicted molar refractivity (Wildman–Crippen MR) is 85.8 cm³/mol. The lowest BCUT2D eigenvalue weighted by Gasteiger charge is -2.33. The highest BCUT2D eigenvalue weighted by molar-refractivity contribution is 7.92. The molecule has 114 valence electrons. The Hall–Kier alpha value is -0.870. The zero-order valence-corrected chi connectivity index (χ0v) is 13.8. The molecular formula is C16H27NO2S. The van der Waals surface area contributed by atoms with Crippen molar-refractivity contribution < 1.29 is 8.42 Å². The third kappa shape index (κ3) is 4.60. The Labute approximate surface area is 123 Å². The maximum atomic E-state index is 12.0. The van der Waals surface area contributed by atoms with E-state index in [1.165, 1.54) is 11.8 Å². The molecule has 0 aliphatic rings. The average Bonchev–Trinajstić information content (AvgIpc) is 2.37. The van der Waals surface area contributed by atoms with Crippen molar-refractivity contribution in [1.82, 2.24) is 5.32 Å². The van der Waals surface area contributed by atoms with Gasteiger partial charge < -0.3 is 5.32 Å². The molecule has 0 aromatic heterocycles. The molecule has 1 atom stereocenters. The maximum absolute atomic E-state index is 12.0. The van der Waals surface area contributed by atoms with Crippen LogP contribution in [0.15, 0.2) is 30.3 Å². The highest BCUT2D eigenvalue weighted by Gasteiger charge is 2.37. The van der Waals surface area contributed by atoms with Crippen LogP contribution < -0.4 is 5.32 Å². The van der Waals surface area contributed by atoms with Gasteiger partial charge in [-0.05, 0) is 45.2 Å². The monoisotopic (exact) mass is 297 g/mol. The van der Waals surface area contributed by atoms with Crippen LogP contribution in [0.1, 0.15) is 39.2 Å². The normalized spacial score (nSPS) is 14.2. The van der Waals surface area contributed by atoms with Gasteiger partial charge in [0.05, 0.1) is 4.75 Å². The molecule has 0 saturated heterocycles. The van der Waals surface area contributed by atoms with Crippen molar-refractivity contribution in [2.45, 2.75) is 50.8 Å². The summed E-state index contributed by atoms with van der Waals surface area (Å²) in [5.41, 5.74) is 1.31. The van der Waals surface area contributed by atoms with Crippen LogP contribution in [0.2, 0.25) is 0 Å². The number of aryl methyl sites for hydroxylation is 1. The summed E-state index contributed by atoms with van der Waals surface area (Å²) >= 11 is 0. The summed E-state index contributed by atoms with van der Waals surface area (Å²) in [5, 5.41) is 3.34. The Morgan fingerprint density at radius 2 is 1.80 bits per heavy atom. The predicted octanol–water partition coefficient (Wildman–Crippen LogP) is 2.81. The lowest BCUT2D eigenvalue weighted by Crippen LogP contribution is -2.51. The molecule has 0 amide bonds. The van der Waals surface area contributed by atoms with Crippen molar-refractivity contribution >= 4 is 9.84 Å². The summed E-state index contributed by atoms with van der Waals surface area (Å²) in [6, 6.07) is 10.3. The fourth-order valence-electron chi connectivity index (χ4n) is 2.36. The summed E-state index contributed by atoms with van der Waals surface area (Å²) in [6.45, 7) is 6.44. The summed E-state index contributed by atoms with van der Waals surface area (Å²) in [6.07, 6.45) is 4.17. The molecule has 0 aliphatic carbocycles. The van der Waals surface area contributed by atoms with E-state index in [1.54, 1.807) is 0 Å². The van der Waals surface area contributed by atoms with Gasteiger partial charge in [0.25, 0.3) is 0 Å². The number of benzene rings is 1. The lowest BCUT2D eigenvalue weighted by atomic mass is 9.96. The van der Waals surface area contributed by atoms with Gasteiger partial charge in [-0.15, -0.1) is 0 Å². The molecular weight excluding hydrogens is 270 g/mol. The first-order chi connectivity index (χ1) is 9.29. The molecule has 0 bridgehead atoms. The minimum atomic E-state index is -3.08. The van der Waals surface area contributed by atoms with E-state index in [4.69, 9.17) is 0 Å². The van der Waals surface area contributed by atoms with Crippen LogP contribution in [0.3, 0.4) is 0 Å². The van der Waals surface area contributed by atoms with Crippen LogP contribution in [0.5, 0.6) is 0 Å². The highest BCUT2D eigenvalue weighted by Crippen LogP contribution is 2.24. The molecule has 1 rings (SSSR count). The molecule has 0 aliphatic heterocycles. The molecule has 20 heavy (non-hydrogen) atoms. The fraction of sp³-hybridized carbons (Fsp3) is 0.625. The van der Waals surface area contributed by atoms with Gasteiger partial charge in [-0.2, -0.15) is 0 Å². The van der Waals surface area contributed by atoms with E-state index in [0.717, 1.165) is 25.8 Å². The Morgan fingerprint density at radius 1 is 1.20 bits per heavy atom. The largest absolute Gasteiger partial charge is 0.313 e. The standard InChI is InChI=1S/C16H27NO2S/c1-5-17-15(16(2,3)20(4,18)19)13-9-12-14-10-7-6-8-11-14/h6-8,10-11,15,17H,5,9,12-13H2,1-4H3. The lowest BCUT2D eigenvalue weighted by molar-refractivity contribution is 0.387. The van der Waals surface area contributed by atoms with E-state index < -0.39 is 14.6 Å². The molecule has 0 spiro atoms. The van der Waals surface area contributed by atoms with Crippen molar-refractivity contribution in [3.05, 3.63) is 35.9 Å². The number of sulfone groups is 1. The third-order valence-electron chi connectivity index (χ3n) is 4.05. The molecule has 3 nitrogen and oxygen atoms in total. The van der Waals surface area contributed by atoms with Gasteiger partial charge in [0.1, 0.15) is 0 Å². The van der Waals surface area contributed by atoms with Gasteiger partial charge >= 0.3 is 0 Å². The fourth-order valence-corrected chi connectivity index (χ4v) is 3.07. The van der Waals surface area contributed by atoms with E-state index in [-0.39, 0.29) is 6.04 Å². The van der Waals surface area contributed by atoms with Crippen LogP contribution in [-0.4, -0.2) is 32.0 Å². The van der Waals surface area contributed by atoms with Crippen LogP contribution in [0.4, 0.5) is 0 Å². The maximum Gasteiger partial charge on any atom is 0.154 e. The van der Waals surface area contributed by atoms with E-state index >= 15 is 0 Å². The molecule has 0 radical (unpaired) electrons. The Kier molecular flexibility index (Phi) is 6.21. The van der Waals surface area contributed by atoms with Gasteiger partial charge in [0.2, 0.25) is 0 Å². The Bertz CT molecular complexity index is 494. The second-order valence-corrected chi connectivity index (χ2v) is 8.46. The smallest absolute Gasteiger partial charge is 0.154 e. The first kappa shape index (κ1) is 17.2. The van der Waals surface area contributed by atoms with Crippen molar-refractivity contribution in [3.8, 4) is 0 Å². The van der Waals surface area contributed by atoms with Gasteiger partial charge in [0, 0.05) is 12.3 Å². The minimum absolute atomic E-state index is 0.00814. The van der Waals surface area contributed by atoms with Crippen LogP contribution in [-0.2, 0) is 16.3 Å². The molecule has 4 heteroatoms. The molecule has 1 N–H and O–H groups in total. The zero-order valence-electron chi connectivity index (χ0n) is 13.0. The molecule has 1 unspecified atom stereocenters. The molecule has 0 saturated carbocycles. The van der Waals surface area contributed by atoms with E-state index in [9.17, 15) is 8.42 Å². The second-order valence-electron chi connectivity index (χ2n) is 5.86. The zero-order chi connectivity index (χ0) is 15.2. The van der Waals surface area contributed by atoms with Gasteiger partial charge in [-0.1, -0.05) is 37.3 Å². The van der Waals surface area contributed by atoms with E-state index in [0.29, 0.717) is 0 Å². The molecule has 0 heterocycles. The number of nitrogens with one attached hydrogen (secondary N) is 1. The van der Waals surface area contributed by atoms with Crippen LogP contribution in [0.25, 0.3) is 0 Å². The summed E-state index contributed by atoms with van der Waals surface area (Å²) in [7, 11) is -3.08. The van der Waals surface area contributed by atoms with Crippen molar-refractivity contribution in [3.63, 3.8) is 0 Å². The summed E-state index contributed by atoms with van der Waals surface area (Å²) in [5.74, 6) is 0. The number of hydrogen-bond acceptors (Lipinski definition) is 3. The number of rotatable bonds is 8. The first-order valence-corrected chi connectivity index (χ1v) is 9.15.